The molecule has 2 aromatic rings. The molecule has 0 bridgehead atoms. The zero-order chi connectivity index (χ0) is 14.5. The first-order valence-electron chi connectivity index (χ1n) is 6.03. The van der Waals surface area contributed by atoms with Crippen LogP contribution in [0.4, 0.5) is 0 Å². The summed E-state index contributed by atoms with van der Waals surface area (Å²) in [5, 5.41) is 0. The summed E-state index contributed by atoms with van der Waals surface area (Å²) >= 11 is 3.45. The molecule has 2 rings (SSSR count). The van der Waals surface area contributed by atoms with E-state index in [-0.39, 0.29) is 5.75 Å². The molecule has 1 unspecified atom stereocenters. The Morgan fingerprint density at radius 2 is 1.90 bits per heavy atom. The molecule has 5 heteroatoms. The van der Waals surface area contributed by atoms with Gasteiger partial charge in [0, 0.05) is 21.0 Å². The summed E-state index contributed by atoms with van der Waals surface area (Å²) in [6.45, 7) is 0. The first-order chi connectivity index (χ1) is 9.56. The Kier molecular flexibility index (Phi) is 5.09. The minimum atomic E-state index is -1.28. The summed E-state index contributed by atoms with van der Waals surface area (Å²) in [4.78, 5) is 10.8. The third-order valence-electron chi connectivity index (χ3n) is 2.77. The number of primary amides is 1. The van der Waals surface area contributed by atoms with Crippen LogP contribution in [0, 0.1) is 0 Å². The van der Waals surface area contributed by atoms with Gasteiger partial charge in [0.2, 0.25) is 5.91 Å². The lowest BCUT2D eigenvalue weighted by molar-refractivity contribution is -0.115. The molecule has 0 spiro atoms. The quantitative estimate of drug-likeness (QED) is 0.900. The first kappa shape index (κ1) is 14.9. The highest BCUT2D eigenvalue weighted by Crippen LogP contribution is 2.27. The van der Waals surface area contributed by atoms with E-state index in [1.165, 1.54) is 0 Å². The standard InChI is InChI=1S/C15H14BrNO2S/c16-13-6-3-5-11(8-13)14-7-2-1-4-12(14)9-20(19)10-15(17)18/h1-8H,9-10H2,(H2,17,18). The molecule has 20 heavy (non-hydrogen) atoms. The van der Waals surface area contributed by atoms with Gasteiger partial charge in [0.25, 0.3) is 0 Å². The molecule has 1 atom stereocenters. The van der Waals surface area contributed by atoms with E-state index in [0.29, 0.717) is 5.75 Å². The topological polar surface area (TPSA) is 60.2 Å². The van der Waals surface area contributed by atoms with E-state index in [4.69, 9.17) is 5.73 Å². The highest BCUT2D eigenvalue weighted by atomic mass is 79.9. The molecule has 1 amide bonds. The highest BCUT2D eigenvalue weighted by Gasteiger charge is 2.10. The van der Waals surface area contributed by atoms with E-state index < -0.39 is 16.7 Å². The second kappa shape index (κ2) is 6.81. The van der Waals surface area contributed by atoms with Gasteiger partial charge in [-0.15, -0.1) is 0 Å². The van der Waals surface area contributed by atoms with E-state index in [1.54, 1.807) is 0 Å². The minimum Gasteiger partial charge on any atom is -0.369 e. The van der Waals surface area contributed by atoms with E-state index in [9.17, 15) is 9.00 Å². The number of hydrogen-bond donors (Lipinski definition) is 1. The van der Waals surface area contributed by atoms with Crippen molar-refractivity contribution in [3.63, 3.8) is 0 Å². The van der Waals surface area contributed by atoms with Gasteiger partial charge in [0.05, 0.1) is 0 Å². The number of carbonyl (C=O) groups is 1. The molecule has 0 aliphatic rings. The van der Waals surface area contributed by atoms with Crippen LogP contribution in [0.15, 0.2) is 53.0 Å². The summed E-state index contributed by atoms with van der Waals surface area (Å²) in [6, 6.07) is 15.7. The van der Waals surface area contributed by atoms with Crippen molar-refractivity contribution in [2.24, 2.45) is 5.73 Å². The Bertz CT molecular complexity index is 658. The Balaban J connectivity index is 2.31. The summed E-state index contributed by atoms with van der Waals surface area (Å²) < 4.78 is 12.9. The molecule has 0 aromatic heterocycles. The average Bonchev–Trinajstić information content (AvgIpc) is 2.38. The molecule has 0 saturated heterocycles. The van der Waals surface area contributed by atoms with Gasteiger partial charge in [-0.1, -0.05) is 52.3 Å². The molecule has 2 N–H and O–H groups in total. The second-order valence-corrected chi connectivity index (χ2v) is 6.73. The molecule has 2 aromatic carbocycles. The maximum Gasteiger partial charge on any atom is 0.230 e. The number of rotatable bonds is 5. The predicted octanol–water partition coefficient (Wildman–Crippen LogP) is 2.85. The van der Waals surface area contributed by atoms with Crippen LogP contribution in [-0.4, -0.2) is 15.9 Å². The summed E-state index contributed by atoms with van der Waals surface area (Å²) in [5.41, 5.74) is 8.09. The van der Waals surface area contributed by atoms with Crippen LogP contribution in [0.3, 0.4) is 0 Å². The van der Waals surface area contributed by atoms with Gasteiger partial charge in [-0.05, 0) is 28.8 Å². The number of halogens is 1. The predicted molar refractivity (Wildman–Crippen MR) is 85.5 cm³/mol. The van der Waals surface area contributed by atoms with Gasteiger partial charge in [-0.3, -0.25) is 9.00 Å². The van der Waals surface area contributed by atoms with Crippen LogP contribution in [0.25, 0.3) is 11.1 Å². The van der Waals surface area contributed by atoms with Gasteiger partial charge in [0.1, 0.15) is 5.75 Å². The largest absolute Gasteiger partial charge is 0.369 e. The molecule has 0 saturated carbocycles. The fourth-order valence-electron chi connectivity index (χ4n) is 1.97. The lowest BCUT2D eigenvalue weighted by Gasteiger charge is -2.09. The van der Waals surface area contributed by atoms with E-state index in [1.807, 2.05) is 48.5 Å². The average molecular weight is 352 g/mol. The van der Waals surface area contributed by atoms with Crippen LogP contribution in [0.5, 0.6) is 0 Å². The van der Waals surface area contributed by atoms with Crippen molar-refractivity contribution in [1.82, 2.24) is 0 Å². The number of nitrogens with two attached hydrogens (primary N) is 1. The van der Waals surface area contributed by atoms with Crippen LogP contribution in [0.1, 0.15) is 5.56 Å². The van der Waals surface area contributed by atoms with Gasteiger partial charge >= 0.3 is 0 Å². The number of carbonyl (C=O) groups excluding carboxylic acids is 1. The zero-order valence-electron chi connectivity index (χ0n) is 10.7. The number of amides is 1. The third-order valence-corrected chi connectivity index (χ3v) is 4.51. The van der Waals surface area contributed by atoms with Crippen molar-refractivity contribution in [3.8, 4) is 11.1 Å². The summed E-state index contributed by atoms with van der Waals surface area (Å²) in [5.74, 6) is -0.318. The molecule has 104 valence electrons. The van der Waals surface area contributed by atoms with Crippen molar-refractivity contribution in [2.45, 2.75) is 5.75 Å². The monoisotopic (exact) mass is 351 g/mol. The summed E-state index contributed by atoms with van der Waals surface area (Å²) in [7, 11) is -1.28. The maximum atomic E-state index is 11.9. The zero-order valence-corrected chi connectivity index (χ0v) is 13.1. The molecule has 0 heterocycles. The van der Waals surface area contributed by atoms with E-state index in [0.717, 1.165) is 21.2 Å². The Labute approximate surface area is 128 Å². The highest BCUT2D eigenvalue weighted by molar-refractivity contribution is 9.10. The third kappa shape index (κ3) is 4.02. The van der Waals surface area contributed by atoms with Gasteiger partial charge in [-0.25, -0.2) is 0 Å². The Hall–Kier alpha value is -1.46. The molecule has 3 nitrogen and oxygen atoms in total. The van der Waals surface area contributed by atoms with Gasteiger partial charge < -0.3 is 5.73 Å². The minimum absolute atomic E-state index is 0.104. The maximum absolute atomic E-state index is 11.9. The van der Waals surface area contributed by atoms with Crippen molar-refractivity contribution >= 4 is 32.6 Å². The fraction of sp³-hybridized carbons (Fsp3) is 0.133. The van der Waals surface area contributed by atoms with Gasteiger partial charge in [-0.2, -0.15) is 0 Å². The molecule has 0 fully saturated rings. The second-order valence-electron chi connectivity index (χ2n) is 4.36. The Morgan fingerprint density at radius 3 is 2.60 bits per heavy atom. The molecule has 0 aliphatic heterocycles. The number of benzene rings is 2. The molecular weight excluding hydrogens is 338 g/mol. The van der Waals surface area contributed by atoms with Gasteiger partial charge in [0.15, 0.2) is 0 Å². The smallest absolute Gasteiger partial charge is 0.230 e. The molecule has 0 aliphatic carbocycles. The van der Waals surface area contributed by atoms with Crippen LogP contribution in [0.2, 0.25) is 0 Å². The van der Waals surface area contributed by atoms with Crippen molar-refractivity contribution in [2.75, 3.05) is 5.75 Å². The fourth-order valence-corrected chi connectivity index (χ4v) is 3.38. The van der Waals surface area contributed by atoms with Crippen molar-refractivity contribution in [1.29, 1.82) is 0 Å². The molecular formula is C15H14BrNO2S. The Morgan fingerprint density at radius 1 is 1.15 bits per heavy atom. The van der Waals surface area contributed by atoms with Crippen LogP contribution in [-0.2, 0) is 21.3 Å². The van der Waals surface area contributed by atoms with Crippen molar-refractivity contribution in [3.05, 3.63) is 58.6 Å². The SMILES string of the molecule is NC(=O)CS(=O)Cc1ccccc1-c1cccc(Br)c1. The van der Waals surface area contributed by atoms with E-state index >= 15 is 0 Å². The first-order valence-corrected chi connectivity index (χ1v) is 8.31. The normalized spacial score (nSPS) is 12.1. The van der Waals surface area contributed by atoms with E-state index in [2.05, 4.69) is 15.9 Å². The summed E-state index contributed by atoms with van der Waals surface area (Å²) in [6.07, 6.45) is 0. The lowest BCUT2D eigenvalue weighted by Crippen LogP contribution is -2.20. The molecule has 0 radical (unpaired) electrons. The number of hydrogen-bond acceptors (Lipinski definition) is 2. The lowest BCUT2D eigenvalue weighted by atomic mass is 10.0. The van der Waals surface area contributed by atoms with Crippen molar-refractivity contribution < 1.29 is 9.00 Å². The van der Waals surface area contributed by atoms with Crippen LogP contribution >= 0.6 is 15.9 Å². The van der Waals surface area contributed by atoms with Crippen LogP contribution < -0.4 is 5.73 Å².